The molecule has 4 aliphatic rings. The van der Waals surface area contributed by atoms with Gasteiger partial charge in [-0.25, -0.2) is 9.59 Å². The van der Waals surface area contributed by atoms with E-state index in [9.17, 15) is 19.5 Å². The summed E-state index contributed by atoms with van der Waals surface area (Å²) in [4.78, 5) is 38.4. The predicted molar refractivity (Wildman–Crippen MR) is 131 cm³/mol. The summed E-state index contributed by atoms with van der Waals surface area (Å²) in [5.74, 6) is 0.258. The van der Waals surface area contributed by atoms with Crippen molar-refractivity contribution in [3.63, 3.8) is 0 Å². The first-order valence-electron chi connectivity index (χ1n) is 12.8. The summed E-state index contributed by atoms with van der Waals surface area (Å²) in [6.07, 6.45) is 2.94. The van der Waals surface area contributed by atoms with E-state index in [2.05, 4.69) is 23.3 Å². The quantitative estimate of drug-likeness (QED) is 0.504. The van der Waals surface area contributed by atoms with Gasteiger partial charge in [0.05, 0.1) is 13.5 Å². The Morgan fingerprint density at radius 3 is 2.78 bits per heavy atom. The fourth-order valence-electron chi connectivity index (χ4n) is 6.68. The van der Waals surface area contributed by atoms with Crippen LogP contribution in [0.15, 0.2) is 24.0 Å². The van der Waals surface area contributed by atoms with Crippen LogP contribution in [0.5, 0.6) is 11.5 Å². The normalized spacial score (nSPS) is 27.9. The number of allylic oxidation sites excluding steroid dienone is 1. The van der Waals surface area contributed by atoms with Gasteiger partial charge in [-0.1, -0.05) is 19.9 Å². The molecule has 5 atom stereocenters. The maximum atomic E-state index is 12.6. The van der Waals surface area contributed by atoms with Crippen LogP contribution in [-0.4, -0.2) is 73.5 Å². The van der Waals surface area contributed by atoms with Gasteiger partial charge in [-0.3, -0.25) is 4.79 Å². The number of carboxylic acid groups (broad SMARTS) is 1. The summed E-state index contributed by atoms with van der Waals surface area (Å²) in [5, 5.41) is 11.7. The molecule has 37 heavy (non-hydrogen) atoms. The summed E-state index contributed by atoms with van der Waals surface area (Å²) >= 11 is 0. The Morgan fingerprint density at radius 1 is 1.30 bits per heavy atom. The van der Waals surface area contributed by atoms with Crippen LogP contribution in [0.25, 0.3) is 0 Å². The number of methoxy groups -OCH3 is 1. The molecule has 1 aromatic carbocycles. The van der Waals surface area contributed by atoms with Crippen LogP contribution < -0.4 is 14.8 Å². The summed E-state index contributed by atoms with van der Waals surface area (Å²) < 4.78 is 23.0. The smallest absolute Gasteiger partial charge is 0.493 e. The van der Waals surface area contributed by atoms with Crippen molar-refractivity contribution in [2.75, 3.05) is 27.3 Å². The van der Waals surface area contributed by atoms with E-state index in [0.29, 0.717) is 23.5 Å². The first kappa shape index (κ1) is 25.4. The Bertz CT molecular complexity index is 1150. The molecule has 1 aromatic rings. The summed E-state index contributed by atoms with van der Waals surface area (Å²) in [7, 11) is 3.79. The van der Waals surface area contributed by atoms with E-state index in [1.807, 2.05) is 12.1 Å². The molecule has 2 bridgehead atoms. The highest BCUT2D eigenvalue weighted by atomic mass is 16.7. The Hall–Kier alpha value is -3.27. The summed E-state index contributed by atoms with van der Waals surface area (Å²) in [5.41, 5.74) is 2.13. The zero-order valence-corrected chi connectivity index (χ0v) is 21.6. The minimum atomic E-state index is -1.11. The number of piperidine rings is 1. The lowest BCUT2D eigenvalue weighted by atomic mass is 9.53. The minimum Gasteiger partial charge on any atom is -0.493 e. The van der Waals surface area contributed by atoms with Crippen molar-refractivity contribution < 1.29 is 38.4 Å². The molecule has 5 unspecified atom stereocenters. The topological polar surface area (TPSA) is 124 Å². The molecule has 10 heteroatoms. The molecule has 1 spiro atoms. The number of carbonyl (C=O) groups excluding carboxylic acids is 2. The number of hydrogen-bond donors (Lipinski definition) is 2. The lowest BCUT2D eigenvalue weighted by molar-refractivity contribution is -0.143. The fourth-order valence-corrected chi connectivity index (χ4v) is 6.68. The molecule has 10 nitrogen and oxygen atoms in total. The second-order valence-corrected chi connectivity index (χ2v) is 10.7. The fraction of sp³-hybridized carbons (Fsp3) is 0.593. The Balaban J connectivity index is 1.28. The number of benzene rings is 1. The predicted octanol–water partition coefficient (Wildman–Crippen LogP) is 2.63. The zero-order valence-electron chi connectivity index (χ0n) is 21.6. The maximum Gasteiger partial charge on any atom is 0.513 e. The van der Waals surface area contributed by atoms with Gasteiger partial charge in [0, 0.05) is 17.0 Å². The Kier molecular flexibility index (Phi) is 6.55. The van der Waals surface area contributed by atoms with Crippen LogP contribution in [-0.2, 0) is 30.9 Å². The van der Waals surface area contributed by atoms with Crippen LogP contribution in [0.1, 0.15) is 44.2 Å². The van der Waals surface area contributed by atoms with Gasteiger partial charge in [-0.05, 0) is 62.4 Å². The van der Waals surface area contributed by atoms with E-state index in [1.54, 1.807) is 21.0 Å². The van der Waals surface area contributed by atoms with Gasteiger partial charge in [0.25, 0.3) is 0 Å². The Morgan fingerprint density at radius 2 is 2.08 bits per heavy atom. The second-order valence-electron chi connectivity index (χ2n) is 10.7. The van der Waals surface area contributed by atoms with E-state index in [0.717, 1.165) is 31.6 Å². The van der Waals surface area contributed by atoms with Crippen molar-refractivity contribution in [2.24, 2.45) is 11.8 Å². The van der Waals surface area contributed by atoms with Gasteiger partial charge >= 0.3 is 12.1 Å². The van der Waals surface area contributed by atoms with Crippen LogP contribution >= 0.6 is 0 Å². The molecule has 0 radical (unpaired) electrons. The first-order valence-corrected chi connectivity index (χ1v) is 12.8. The molecule has 1 saturated heterocycles. The third-order valence-corrected chi connectivity index (χ3v) is 8.43. The highest BCUT2D eigenvalue weighted by Gasteiger charge is 2.64. The van der Waals surface area contributed by atoms with E-state index in [-0.39, 0.29) is 24.4 Å². The van der Waals surface area contributed by atoms with Crippen LogP contribution in [0, 0.1) is 11.8 Å². The molecule has 0 saturated carbocycles. The number of rotatable bonds is 8. The SMILES string of the molecule is COc1ccc2c3c1OC1C(OC(=O)OCCC(=O)NC(C(=O)O)C(C)C)=CCC4C(C2)N(C)CCC314. The standard InChI is InChI=1S/C27H34N2O8/c1-14(2)22(25(31)32)28-20(30)9-12-35-26(33)36-19-8-6-16-17-13-15-5-7-18(34-4)23-21(15)27(16,24(19)37-23)10-11-29(17)3/h5,7-8,14,16-17,22,24H,6,9-13H2,1-4H3,(H,28,30)(H,31,32). The maximum absolute atomic E-state index is 12.6. The number of likely N-dealkylation sites (N-methyl/N-ethyl adjacent to an activating group) is 1. The molecule has 2 N–H and O–H groups in total. The van der Waals surface area contributed by atoms with Crippen LogP contribution in [0.4, 0.5) is 4.79 Å². The van der Waals surface area contributed by atoms with Crippen molar-refractivity contribution in [3.05, 3.63) is 35.1 Å². The highest BCUT2D eigenvalue weighted by Crippen LogP contribution is 2.63. The van der Waals surface area contributed by atoms with Crippen molar-refractivity contribution in [3.8, 4) is 11.5 Å². The van der Waals surface area contributed by atoms with E-state index >= 15 is 0 Å². The number of hydrogen-bond acceptors (Lipinski definition) is 8. The molecule has 2 aliphatic carbocycles. The van der Waals surface area contributed by atoms with Crippen LogP contribution in [0.3, 0.4) is 0 Å². The van der Waals surface area contributed by atoms with Crippen molar-refractivity contribution >= 4 is 18.0 Å². The molecule has 2 heterocycles. The highest BCUT2D eigenvalue weighted by molar-refractivity contribution is 5.83. The number of nitrogens with one attached hydrogen (secondary N) is 1. The molecule has 1 fully saturated rings. The van der Waals surface area contributed by atoms with E-state index in [1.165, 1.54) is 11.1 Å². The van der Waals surface area contributed by atoms with Crippen molar-refractivity contribution in [1.82, 2.24) is 10.2 Å². The lowest BCUT2D eigenvalue weighted by Gasteiger charge is -2.56. The molecular formula is C27H34N2O8. The van der Waals surface area contributed by atoms with E-state index < -0.39 is 30.2 Å². The van der Waals surface area contributed by atoms with Gasteiger partial charge < -0.3 is 34.3 Å². The molecule has 200 valence electrons. The first-order chi connectivity index (χ1) is 17.7. The second kappa shape index (κ2) is 9.55. The molecule has 1 amide bonds. The number of ether oxygens (including phenoxy) is 4. The van der Waals surface area contributed by atoms with Gasteiger partial charge in [0.15, 0.2) is 17.6 Å². The van der Waals surface area contributed by atoms with Crippen LogP contribution in [0.2, 0.25) is 0 Å². The van der Waals surface area contributed by atoms with Crippen molar-refractivity contribution in [1.29, 1.82) is 0 Å². The minimum absolute atomic E-state index is 0.170. The Labute approximate surface area is 215 Å². The van der Waals surface area contributed by atoms with Gasteiger partial charge in [0.1, 0.15) is 18.4 Å². The molecule has 5 rings (SSSR count). The average molecular weight is 515 g/mol. The zero-order chi connectivity index (χ0) is 26.5. The number of likely N-dealkylation sites (tertiary alicyclic amines) is 1. The largest absolute Gasteiger partial charge is 0.513 e. The van der Waals surface area contributed by atoms with E-state index in [4.69, 9.17) is 18.9 Å². The average Bonchev–Trinajstić information content (AvgIpc) is 3.20. The summed E-state index contributed by atoms with van der Waals surface area (Å²) in [6, 6.07) is 3.43. The lowest BCUT2D eigenvalue weighted by Crippen LogP contribution is -2.63. The number of amides is 1. The number of nitrogens with zero attached hydrogens (tertiary/aromatic N) is 1. The monoisotopic (exact) mass is 514 g/mol. The number of aliphatic carboxylic acids is 1. The number of carbonyl (C=O) groups is 3. The van der Waals surface area contributed by atoms with Gasteiger partial charge in [-0.15, -0.1) is 0 Å². The molecule has 2 aliphatic heterocycles. The summed E-state index contributed by atoms with van der Waals surface area (Å²) in [6.45, 7) is 4.09. The van der Waals surface area contributed by atoms with Gasteiger partial charge in [-0.2, -0.15) is 0 Å². The molecule has 0 aromatic heterocycles. The number of carboxylic acids is 1. The molecular weight excluding hydrogens is 480 g/mol. The third kappa shape index (κ3) is 4.11. The third-order valence-electron chi connectivity index (χ3n) is 8.43. The van der Waals surface area contributed by atoms with Crippen molar-refractivity contribution in [2.45, 2.75) is 63.1 Å². The van der Waals surface area contributed by atoms with Gasteiger partial charge in [0.2, 0.25) is 5.91 Å².